The fourth-order valence-corrected chi connectivity index (χ4v) is 3.99. The van der Waals surface area contributed by atoms with Crippen LogP contribution in [0.15, 0.2) is 48.8 Å². The van der Waals surface area contributed by atoms with Gasteiger partial charge in [-0.2, -0.15) is 0 Å². The molecule has 136 valence electrons. The highest BCUT2D eigenvalue weighted by Gasteiger charge is 2.44. The van der Waals surface area contributed by atoms with E-state index in [2.05, 4.69) is 4.98 Å². The van der Waals surface area contributed by atoms with E-state index in [1.165, 1.54) is 24.3 Å². The molecule has 4 rings (SSSR count). The summed E-state index contributed by atoms with van der Waals surface area (Å²) in [5, 5.41) is 0. The highest BCUT2D eigenvalue weighted by atomic mass is 19.1. The van der Waals surface area contributed by atoms with Gasteiger partial charge in [-0.1, -0.05) is 0 Å². The number of piperidine rings is 1. The van der Waals surface area contributed by atoms with Crippen molar-refractivity contribution in [3.05, 3.63) is 54.6 Å². The zero-order valence-electron chi connectivity index (χ0n) is 14.4. The largest absolute Gasteiger partial charge is 0.489 e. The fraction of sp³-hybridized carbons (Fsp3) is 0.400. The van der Waals surface area contributed by atoms with Crippen LogP contribution in [0, 0.1) is 5.82 Å². The Morgan fingerprint density at radius 3 is 2.50 bits per heavy atom. The number of benzene rings is 1. The Labute approximate surface area is 151 Å². The van der Waals surface area contributed by atoms with Crippen LogP contribution in [0.3, 0.4) is 0 Å². The molecule has 0 aliphatic carbocycles. The van der Waals surface area contributed by atoms with Gasteiger partial charge in [0, 0.05) is 31.1 Å². The number of hydrogen-bond donors (Lipinski definition) is 0. The van der Waals surface area contributed by atoms with Gasteiger partial charge in [0.15, 0.2) is 6.61 Å². The smallest absolute Gasteiger partial charge is 0.261 e. The third-order valence-corrected chi connectivity index (χ3v) is 5.09. The zero-order chi connectivity index (χ0) is 17.9. The third-order valence-electron chi connectivity index (χ3n) is 5.09. The maximum absolute atomic E-state index is 12.9. The van der Waals surface area contributed by atoms with E-state index in [-0.39, 0.29) is 36.5 Å². The van der Waals surface area contributed by atoms with Gasteiger partial charge in [-0.3, -0.25) is 9.78 Å². The zero-order valence-corrected chi connectivity index (χ0v) is 14.4. The van der Waals surface area contributed by atoms with Crippen molar-refractivity contribution in [2.45, 2.75) is 43.9 Å². The number of halogens is 1. The molecule has 2 bridgehead atoms. The molecule has 2 aliphatic heterocycles. The number of nitrogens with zero attached hydrogens (tertiary/aromatic N) is 2. The van der Waals surface area contributed by atoms with Gasteiger partial charge in [0.2, 0.25) is 0 Å². The minimum Gasteiger partial charge on any atom is -0.489 e. The van der Waals surface area contributed by atoms with E-state index >= 15 is 0 Å². The molecule has 2 aliphatic rings. The molecule has 1 aromatic carbocycles. The lowest BCUT2D eigenvalue weighted by Crippen LogP contribution is -2.50. The van der Waals surface area contributed by atoms with Crippen LogP contribution in [0.25, 0.3) is 0 Å². The van der Waals surface area contributed by atoms with E-state index in [9.17, 15) is 9.18 Å². The van der Waals surface area contributed by atoms with Gasteiger partial charge < -0.3 is 14.4 Å². The Balaban J connectivity index is 1.34. The first-order valence-electron chi connectivity index (χ1n) is 8.95. The topological polar surface area (TPSA) is 51.7 Å². The fourth-order valence-electron chi connectivity index (χ4n) is 3.99. The van der Waals surface area contributed by atoms with Gasteiger partial charge in [-0.15, -0.1) is 0 Å². The standard InChI is InChI=1S/C20H21FN2O3/c21-14-3-7-17(8-4-14)25-13-20(24)23-15-5-6-16(23)11-19(10-15)26-18-2-1-9-22-12-18/h1-4,7-9,12,15-16,19H,5-6,10-11,13H2. The third kappa shape index (κ3) is 3.64. The van der Waals surface area contributed by atoms with Crippen LogP contribution in [0.1, 0.15) is 25.7 Å². The molecular weight excluding hydrogens is 335 g/mol. The van der Waals surface area contributed by atoms with Crippen LogP contribution in [-0.4, -0.2) is 40.6 Å². The van der Waals surface area contributed by atoms with Crippen molar-refractivity contribution in [3.8, 4) is 11.5 Å². The molecule has 0 spiro atoms. The summed E-state index contributed by atoms with van der Waals surface area (Å²) in [6.07, 6.45) is 7.20. The predicted octanol–water partition coefficient (Wildman–Crippen LogP) is 3.20. The van der Waals surface area contributed by atoms with Gasteiger partial charge in [0.05, 0.1) is 6.20 Å². The van der Waals surface area contributed by atoms with E-state index in [0.29, 0.717) is 5.75 Å². The Kier molecular flexibility index (Phi) is 4.73. The number of carbonyl (C=O) groups excluding carboxylic acids is 1. The Bertz CT molecular complexity index is 739. The van der Waals surface area contributed by atoms with Crippen LogP contribution in [-0.2, 0) is 4.79 Å². The van der Waals surface area contributed by atoms with Gasteiger partial charge in [0.1, 0.15) is 23.4 Å². The summed E-state index contributed by atoms with van der Waals surface area (Å²) in [5.41, 5.74) is 0. The molecule has 1 aromatic heterocycles. The van der Waals surface area contributed by atoms with Crippen LogP contribution in [0.4, 0.5) is 4.39 Å². The quantitative estimate of drug-likeness (QED) is 0.826. The first-order chi connectivity index (χ1) is 12.7. The molecule has 2 aromatic rings. The summed E-state index contributed by atoms with van der Waals surface area (Å²) in [6, 6.07) is 9.86. The molecule has 0 saturated carbocycles. The summed E-state index contributed by atoms with van der Waals surface area (Å²) in [5.74, 6) is 0.942. The number of carbonyl (C=O) groups is 1. The monoisotopic (exact) mass is 356 g/mol. The van der Waals surface area contributed by atoms with Gasteiger partial charge in [0.25, 0.3) is 5.91 Å². The summed E-state index contributed by atoms with van der Waals surface area (Å²) in [6.45, 7) is -0.0211. The first-order valence-corrected chi connectivity index (χ1v) is 8.95. The number of ether oxygens (including phenoxy) is 2. The average molecular weight is 356 g/mol. The van der Waals surface area contributed by atoms with Crippen molar-refractivity contribution in [3.63, 3.8) is 0 Å². The van der Waals surface area contributed by atoms with Gasteiger partial charge in [-0.25, -0.2) is 4.39 Å². The SMILES string of the molecule is O=C(COc1ccc(F)cc1)N1C2CCC1CC(Oc1cccnc1)C2. The van der Waals surface area contributed by atoms with Crippen molar-refractivity contribution < 1.29 is 18.7 Å². The summed E-state index contributed by atoms with van der Waals surface area (Å²) in [7, 11) is 0. The van der Waals surface area contributed by atoms with Crippen molar-refractivity contribution in [2.75, 3.05) is 6.61 Å². The Morgan fingerprint density at radius 2 is 1.85 bits per heavy atom. The number of aromatic nitrogens is 1. The molecule has 2 unspecified atom stereocenters. The minimum atomic E-state index is -0.322. The van der Waals surface area contributed by atoms with E-state index < -0.39 is 0 Å². The number of hydrogen-bond acceptors (Lipinski definition) is 4. The van der Waals surface area contributed by atoms with E-state index in [1.54, 1.807) is 12.4 Å². The number of rotatable bonds is 5. The van der Waals surface area contributed by atoms with E-state index in [4.69, 9.17) is 9.47 Å². The van der Waals surface area contributed by atoms with Crippen molar-refractivity contribution in [2.24, 2.45) is 0 Å². The highest BCUT2D eigenvalue weighted by molar-refractivity contribution is 5.79. The van der Waals surface area contributed by atoms with E-state index in [0.717, 1.165) is 31.4 Å². The minimum absolute atomic E-state index is 0.0124. The number of fused-ring (bicyclic) bond motifs is 2. The predicted molar refractivity (Wildman–Crippen MR) is 93.4 cm³/mol. The highest BCUT2D eigenvalue weighted by Crippen LogP contribution is 2.37. The van der Waals surface area contributed by atoms with Crippen LogP contribution >= 0.6 is 0 Å². The molecule has 6 heteroatoms. The lowest BCUT2D eigenvalue weighted by atomic mass is 9.99. The van der Waals surface area contributed by atoms with Gasteiger partial charge >= 0.3 is 0 Å². The molecule has 26 heavy (non-hydrogen) atoms. The van der Waals surface area contributed by atoms with E-state index in [1.807, 2.05) is 17.0 Å². The molecule has 1 amide bonds. The molecule has 0 N–H and O–H groups in total. The molecule has 3 heterocycles. The van der Waals surface area contributed by atoms with Gasteiger partial charge in [-0.05, 0) is 49.2 Å². The molecule has 2 atom stereocenters. The van der Waals surface area contributed by atoms with Crippen molar-refractivity contribution >= 4 is 5.91 Å². The van der Waals surface area contributed by atoms with Crippen LogP contribution < -0.4 is 9.47 Å². The average Bonchev–Trinajstić information content (AvgIpc) is 2.93. The summed E-state index contributed by atoms with van der Waals surface area (Å²) < 4.78 is 24.5. The van der Waals surface area contributed by atoms with Crippen molar-refractivity contribution in [1.82, 2.24) is 9.88 Å². The summed E-state index contributed by atoms with van der Waals surface area (Å²) >= 11 is 0. The lowest BCUT2D eigenvalue weighted by molar-refractivity contribution is -0.139. The second-order valence-corrected chi connectivity index (χ2v) is 6.83. The first kappa shape index (κ1) is 16.8. The maximum atomic E-state index is 12.9. The molecular formula is C20H21FN2O3. The second kappa shape index (κ2) is 7.32. The van der Waals surface area contributed by atoms with Crippen LogP contribution in [0.2, 0.25) is 0 Å². The number of pyridine rings is 1. The second-order valence-electron chi connectivity index (χ2n) is 6.83. The molecule has 0 radical (unpaired) electrons. The Hall–Kier alpha value is -2.63. The Morgan fingerprint density at radius 1 is 1.12 bits per heavy atom. The molecule has 2 saturated heterocycles. The maximum Gasteiger partial charge on any atom is 0.261 e. The lowest BCUT2D eigenvalue weighted by Gasteiger charge is -2.38. The summed E-state index contributed by atoms with van der Waals surface area (Å²) in [4.78, 5) is 18.7. The molecule has 2 fully saturated rings. The normalized spacial score (nSPS) is 24.3. The molecule has 5 nitrogen and oxygen atoms in total. The van der Waals surface area contributed by atoms with Crippen LogP contribution in [0.5, 0.6) is 11.5 Å². The van der Waals surface area contributed by atoms with Crippen molar-refractivity contribution in [1.29, 1.82) is 0 Å². The number of amides is 1.